The normalized spacial score (nSPS) is 13.4. The van der Waals surface area contributed by atoms with Gasteiger partial charge in [-0.3, -0.25) is 9.69 Å². The lowest BCUT2D eigenvalue weighted by Crippen LogP contribution is -2.39. The van der Waals surface area contributed by atoms with Gasteiger partial charge in [-0.05, 0) is 98.7 Å². The molecule has 2 N–H and O–H groups in total. The first-order valence-corrected chi connectivity index (χ1v) is 15.5. The number of urea groups is 1. The van der Waals surface area contributed by atoms with Crippen LogP contribution < -0.4 is 15.5 Å². The lowest BCUT2D eigenvalue weighted by atomic mass is 9.93. The Labute approximate surface area is 268 Å². The number of ether oxygens (including phenoxy) is 2. The van der Waals surface area contributed by atoms with Gasteiger partial charge < -0.3 is 20.1 Å². The number of amides is 3. The van der Waals surface area contributed by atoms with Crippen molar-refractivity contribution in [3.05, 3.63) is 99.5 Å². The Balaban J connectivity index is 1.50. The lowest BCUT2D eigenvalue weighted by molar-refractivity contribution is -0.155. The number of anilines is 2. The van der Waals surface area contributed by atoms with Crippen molar-refractivity contribution in [2.75, 3.05) is 30.0 Å². The molecule has 0 aromatic heterocycles. The van der Waals surface area contributed by atoms with E-state index in [1.807, 2.05) is 24.3 Å². The minimum Gasteiger partial charge on any atom is -0.464 e. The van der Waals surface area contributed by atoms with E-state index in [4.69, 9.17) is 32.7 Å². The van der Waals surface area contributed by atoms with Crippen molar-refractivity contribution >= 4 is 58.1 Å². The Bertz CT molecular complexity index is 1450. The van der Waals surface area contributed by atoms with Gasteiger partial charge in [0.15, 0.2) is 6.10 Å². The van der Waals surface area contributed by atoms with Crippen LogP contribution in [0.1, 0.15) is 61.0 Å². The van der Waals surface area contributed by atoms with Crippen molar-refractivity contribution < 1.29 is 23.9 Å². The second-order valence-electron chi connectivity index (χ2n) is 10.3. The number of nitrogens with zero attached hydrogens (tertiary/aromatic N) is 1. The summed E-state index contributed by atoms with van der Waals surface area (Å²) in [7, 11) is 0. The van der Waals surface area contributed by atoms with E-state index in [2.05, 4.69) is 16.7 Å². The number of rotatable bonds is 12. The molecule has 3 amide bonds. The first-order chi connectivity index (χ1) is 21.3. The van der Waals surface area contributed by atoms with Crippen LogP contribution in [-0.2, 0) is 20.8 Å². The highest BCUT2D eigenvalue weighted by molar-refractivity contribution is 6.35. The van der Waals surface area contributed by atoms with E-state index in [9.17, 15) is 14.4 Å². The van der Waals surface area contributed by atoms with Crippen molar-refractivity contribution in [3.63, 3.8) is 0 Å². The molecule has 4 rings (SSSR count). The van der Waals surface area contributed by atoms with Crippen LogP contribution in [0.4, 0.5) is 16.2 Å². The molecule has 44 heavy (non-hydrogen) atoms. The van der Waals surface area contributed by atoms with Crippen molar-refractivity contribution in [1.29, 1.82) is 0 Å². The molecule has 10 heteroatoms. The molecule has 3 aromatic carbocycles. The predicted octanol–water partition coefficient (Wildman–Crippen LogP) is 7.89. The van der Waals surface area contributed by atoms with E-state index in [1.54, 1.807) is 61.2 Å². The van der Waals surface area contributed by atoms with Crippen LogP contribution in [0, 0.1) is 0 Å². The molecule has 1 aliphatic carbocycles. The summed E-state index contributed by atoms with van der Waals surface area (Å²) in [6.45, 7) is 4.23. The largest absolute Gasteiger partial charge is 0.464 e. The van der Waals surface area contributed by atoms with Gasteiger partial charge in [-0.25, -0.2) is 9.59 Å². The van der Waals surface area contributed by atoms with E-state index in [-0.39, 0.29) is 31.6 Å². The van der Waals surface area contributed by atoms with Crippen molar-refractivity contribution in [2.45, 2.75) is 52.2 Å². The molecule has 0 heterocycles. The van der Waals surface area contributed by atoms with Crippen LogP contribution in [-0.4, -0.2) is 43.8 Å². The van der Waals surface area contributed by atoms with Crippen molar-refractivity contribution in [1.82, 2.24) is 5.32 Å². The van der Waals surface area contributed by atoms with Gasteiger partial charge in [-0.15, -0.1) is 0 Å². The number of esters is 1. The molecule has 1 atom stereocenters. The molecule has 0 bridgehead atoms. The van der Waals surface area contributed by atoms with E-state index >= 15 is 0 Å². The van der Waals surface area contributed by atoms with Crippen LogP contribution in [0.5, 0.6) is 0 Å². The van der Waals surface area contributed by atoms with Crippen LogP contribution in [0.3, 0.4) is 0 Å². The van der Waals surface area contributed by atoms with Gasteiger partial charge in [-0.1, -0.05) is 53.5 Å². The van der Waals surface area contributed by atoms with Gasteiger partial charge in [0.05, 0.1) is 19.7 Å². The molecule has 0 saturated heterocycles. The first-order valence-electron chi connectivity index (χ1n) is 14.8. The van der Waals surface area contributed by atoms with Gasteiger partial charge in [0.25, 0.3) is 5.91 Å². The van der Waals surface area contributed by atoms with Crippen LogP contribution in [0.25, 0.3) is 5.57 Å². The van der Waals surface area contributed by atoms with E-state index in [1.165, 1.54) is 18.4 Å². The first kappa shape index (κ1) is 33.1. The molecule has 3 aromatic rings. The Morgan fingerprint density at radius 1 is 0.909 bits per heavy atom. The zero-order valence-corrected chi connectivity index (χ0v) is 26.4. The number of nitrogens with one attached hydrogen (secondary N) is 2. The summed E-state index contributed by atoms with van der Waals surface area (Å²) in [4.78, 5) is 40.1. The summed E-state index contributed by atoms with van der Waals surface area (Å²) in [5.41, 5.74) is 4.87. The third kappa shape index (κ3) is 9.32. The minimum absolute atomic E-state index is 0.0123. The second-order valence-corrected chi connectivity index (χ2v) is 11.2. The summed E-state index contributed by atoms with van der Waals surface area (Å²) in [6.07, 6.45) is 5.93. The Kier molecular flexibility index (Phi) is 12.2. The zero-order chi connectivity index (χ0) is 31.5. The van der Waals surface area contributed by atoms with Crippen molar-refractivity contribution in [3.8, 4) is 0 Å². The summed E-state index contributed by atoms with van der Waals surface area (Å²) < 4.78 is 10.4. The fraction of sp³-hybridized carbons (Fsp3) is 0.324. The van der Waals surface area contributed by atoms with Gasteiger partial charge in [0.2, 0.25) is 0 Å². The number of halogens is 2. The fourth-order valence-corrected chi connectivity index (χ4v) is 5.46. The third-order valence-corrected chi connectivity index (χ3v) is 7.56. The molecule has 8 nitrogen and oxygen atoms in total. The minimum atomic E-state index is -0.884. The van der Waals surface area contributed by atoms with Crippen LogP contribution >= 0.6 is 23.2 Å². The number of benzene rings is 3. The highest BCUT2D eigenvalue weighted by Gasteiger charge is 2.22. The van der Waals surface area contributed by atoms with Gasteiger partial charge in [-0.2, -0.15) is 0 Å². The molecular weight excluding hydrogens is 601 g/mol. The maximum absolute atomic E-state index is 13.6. The number of carbonyl (C=O) groups excluding carboxylic acids is 3. The Morgan fingerprint density at radius 3 is 2.23 bits per heavy atom. The SMILES string of the molecule is CCOC(=O)[C@@H](CNC(=O)c1ccc(CN(C(=O)Nc2cc(Cl)cc(Cl)c2)c2ccc(C3=CCCCC3)cc2)cc1)OCC. The molecule has 0 spiro atoms. The van der Waals surface area contributed by atoms with Gasteiger partial charge >= 0.3 is 12.0 Å². The Morgan fingerprint density at radius 2 is 1.61 bits per heavy atom. The van der Waals surface area contributed by atoms with Gasteiger partial charge in [0, 0.05) is 33.6 Å². The summed E-state index contributed by atoms with van der Waals surface area (Å²) in [5.74, 6) is -0.877. The van der Waals surface area contributed by atoms with E-state index < -0.39 is 12.1 Å². The Hall–Kier alpha value is -3.85. The van der Waals surface area contributed by atoms with Crippen LogP contribution in [0.15, 0.2) is 72.8 Å². The highest BCUT2D eigenvalue weighted by atomic mass is 35.5. The standard InChI is InChI=1S/C34H37Cl2N3O5/c1-3-43-31(33(41)44-4-2)21-37-32(40)26-12-10-23(11-13-26)22-39(34(42)38-29-19-27(35)18-28(36)20-29)30-16-14-25(15-17-30)24-8-6-5-7-9-24/h8,10-20,31H,3-7,9,21-22H2,1-2H3,(H,37,40)(H,38,42)/t31-/m1/s1. The molecular formula is C34H37Cl2N3O5. The smallest absolute Gasteiger partial charge is 0.337 e. The molecule has 0 fully saturated rings. The number of hydrogen-bond donors (Lipinski definition) is 2. The zero-order valence-electron chi connectivity index (χ0n) is 24.9. The number of allylic oxidation sites excluding steroid dienone is 2. The molecule has 1 aliphatic rings. The maximum atomic E-state index is 13.6. The highest BCUT2D eigenvalue weighted by Crippen LogP contribution is 2.29. The molecule has 0 aliphatic heterocycles. The maximum Gasteiger partial charge on any atom is 0.337 e. The number of hydrogen-bond acceptors (Lipinski definition) is 5. The van der Waals surface area contributed by atoms with Gasteiger partial charge in [0.1, 0.15) is 0 Å². The molecule has 0 radical (unpaired) electrons. The second kappa shape index (κ2) is 16.3. The van der Waals surface area contributed by atoms with E-state index in [0.29, 0.717) is 33.6 Å². The molecule has 0 unspecified atom stereocenters. The lowest BCUT2D eigenvalue weighted by Gasteiger charge is -2.24. The predicted molar refractivity (Wildman–Crippen MR) is 175 cm³/mol. The molecule has 0 saturated carbocycles. The number of carbonyl (C=O) groups is 3. The fourth-order valence-electron chi connectivity index (χ4n) is 4.93. The summed E-state index contributed by atoms with van der Waals surface area (Å²) in [6, 6.07) is 19.4. The third-order valence-electron chi connectivity index (χ3n) is 7.12. The average Bonchev–Trinajstić information content (AvgIpc) is 3.02. The monoisotopic (exact) mass is 637 g/mol. The quantitative estimate of drug-likeness (QED) is 0.197. The topological polar surface area (TPSA) is 97.0 Å². The summed E-state index contributed by atoms with van der Waals surface area (Å²) in [5, 5.41) is 6.45. The van der Waals surface area contributed by atoms with Crippen LogP contribution in [0.2, 0.25) is 10.0 Å². The average molecular weight is 639 g/mol. The van der Waals surface area contributed by atoms with Crippen molar-refractivity contribution in [2.24, 2.45) is 0 Å². The molecule has 232 valence electrons. The van der Waals surface area contributed by atoms with E-state index in [0.717, 1.165) is 24.0 Å². The summed E-state index contributed by atoms with van der Waals surface area (Å²) >= 11 is 12.3.